The number of benzene rings is 1. The van der Waals surface area contributed by atoms with Crippen LogP contribution in [-0.2, 0) is 16.0 Å². The van der Waals surface area contributed by atoms with Crippen LogP contribution < -0.4 is 5.32 Å². The van der Waals surface area contributed by atoms with Gasteiger partial charge >= 0.3 is 0 Å². The Hall–Kier alpha value is -1.55. The topological polar surface area (TPSA) is 58.6 Å². The monoisotopic (exact) mass is 223 g/mol. The fourth-order valence-corrected chi connectivity index (χ4v) is 1.40. The Morgan fingerprint density at radius 1 is 1.50 bits per heavy atom. The molecule has 4 heteroatoms. The van der Waals surface area contributed by atoms with Crippen LogP contribution in [-0.4, -0.2) is 24.7 Å². The van der Waals surface area contributed by atoms with Gasteiger partial charge in [0.2, 0.25) is 5.91 Å². The van der Waals surface area contributed by atoms with Crippen LogP contribution in [0, 0.1) is 0 Å². The largest absolute Gasteiger partial charge is 0.508 e. The number of phenolic OH excluding ortho intramolecular Hbond substituents is 1. The van der Waals surface area contributed by atoms with Crippen molar-refractivity contribution in [2.45, 2.75) is 19.8 Å². The third-order valence-corrected chi connectivity index (χ3v) is 2.28. The number of anilines is 1. The van der Waals surface area contributed by atoms with E-state index in [1.165, 1.54) is 0 Å². The third-order valence-electron chi connectivity index (χ3n) is 2.28. The number of rotatable bonds is 5. The van der Waals surface area contributed by atoms with Gasteiger partial charge in [-0.05, 0) is 30.2 Å². The molecule has 1 rings (SSSR count). The number of amides is 1. The number of carbonyl (C=O) groups excluding carboxylic acids is 1. The highest BCUT2D eigenvalue weighted by Gasteiger charge is 2.06. The molecule has 1 aromatic carbocycles. The third kappa shape index (κ3) is 3.55. The van der Waals surface area contributed by atoms with Gasteiger partial charge < -0.3 is 15.2 Å². The summed E-state index contributed by atoms with van der Waals surface area (Å²) in [5.41, 5.74) is 1.67. The van der Waals surface area contributed by atoms with Crippen LogP contribution in [0.25, 0.3) is 0 Å². The summed E-state index contributed by atoms with van der Waals surface area (Å²) in [4.78, 5) is 11.5. The van der Waals surface area contributed by atoms with Crippen molar-refractivity contribution in [3.63, 3.8) is 0 Å². The van der Waals surface area contributed by atoms with Gasteiger partial charge in [-0.2, -0.15) is 0 Å². The van der Waals surface area contributed by atoms with E-state index in [4.69, 9.17) is 4.74 Å². The highest BCUT2D eigenvalue weighted by molar-refractivity contribution is 5.91. The average Bonchev–Trinajstić information content (AvgIpc) is 2.28. The number of hydrogen-bond donors (Lipinski definition) is 2. The highest BCUT2D eigenvalue weighted by Crippen LogP contribution is 2.21. The number of aromatic hydroxyl groups is 1. The molecule has 0 saturated carbocycles. The van der Waals surface area contributed by atoms with Crippen molar-refractivity contribution in [3.8, 4) is 5.75 Å². The van der Waals surface area contributed by atoms with E-state index < -0.39 is 0 Å². The first-order valence-electron chi connectivity index (χ1n) is 5.28. The first-order chi connectivity index (χ1) is 7.67. The first-order valence-corrected chi connectivity index (χ1v) is 5.28. The molecule has 0 unspecified atom stereocenters. The van der Waals surface area contributed by atoms with Crippen LogP contribution in [0.5, 0.6) is 5.75 Å². The summed E-state index contributed by atoms with van der Waals surface area (Å²) >= 11 is 0. The van der Waals surface area contributed by atoms with E-state index in [1.807, 2.05) is 6.92 Å². The Labute approximate surface area is 95.2 Å². The Balaban J connectivity index is 2.69. The zero-order chi connectivity index (χ0) is 12.0. The Morgan fingerprint density at radius 2 is 2.25 bits per heavy atom. The number of nitrogens with one attached hydrogen (secondary N) is 1. The van der Waals surface area contributed by atoms with E-state index in [9.17, 15) is 9.90 Å². The van der Waals surface area contributed by atoms with Crippen molar-refractivity contribution in [1.29, 1.82) is 0 Å². The molecule has 2 N–H and O–H groups in total. The SMILES string of the molecule is CCc1cc(O)ccc1NC(=O)CCOC. The van der Waals surface area contributed by atoms with Gasteiger partial charge in [-0.3, -0.25) is 4.79 Å². The molecule has 0 spiro atoms. The Kier molecular flexibility index (Phi) is 4.79. The number of methoxy groups -OCH3 is 1. The summed E-state index contributed by atoms with van der Waals surface area (Å²) < 4.78 is 4.83. The quantitative estimate of drug-likeness (QED) is 0.750. The minimum absolute atomic E-state index is 0.0813. The van der Waals surface area contributed by atoms with Crippen LogP contribution >= 0.6 is 0 Å². The summed E-state index contributed by atoms with van der Waals surface area (Å²) in [6.45, 7) is 2.38. The van der Waals surface area contributed by atoms with Crippen LogP contribution in [0.4, 0.5) is 5.69 Å². The van der Waals surface area contributed by atoms with Gasteiger partial charge in [0, 0.05) is 12.8 Å². The molecular formula is C12H17NO3. The van der Waals surface area contributed by atoms with Crippen molar-refractivity contribution in [2.24, 2.45) is 0 Å². The molecule has 0 aliphatic rings. The molecule has 0 radical (unpaired) electrons. The zero-order valence-electron chi connectivity index (χ0n) is 9.62. The van der Waals surface area contributed by atoms with E-state index >= 15 is 0 Å². The van der Waals surface area contributed by atoms with Crippen molar-refractivity contribution in [1.82, 2.24) is 0 Å². The molecule has 0 bridgehead atoms. The van der Waals surface area contributed by atoms with Gasteiger partial charge in [0.1, 0.15) is 5.75 Å². The minimum atomic E-state index is -0.0813. The van der Waals surface area contributed by atoms with Crippen molar-refractivity contribution in [2.75, 3.05) is 19.0 Å². The molecule has 0 heterocycles. The second-order valence-corrected chi connectivity index (χ2v) is 3.49. The standard InChI is InChI=1S/C12H17NO3/c1-3-9-8-10(14)4-5-11(9)13-12(15)6-7-16-2/h4-5,8,14H,3,6-7H2,1-2H3,(H,13,15). The number of aryl methyl sites for hydroxylation is 1. The van der Waals surface area contributed by atoms with Gasteiger partial charge in [-0.15, -0.1) is 0 Å². The lowest BCUT2D eigenvalue weighted by molar-refractivity contribution is -0.117. The smallest absolute Gasteiger partial charge is 0.226 e. The van der Waals surface area contributed by atoms with Crippen LogP contribution in [0.2, 0.25) is 0 Å². The molecule has 4 nitrogen and oxygen atoms in total. The van der Waals surface area contributed by atoms with E-state index in [0.717, 1.165) is 17.7 Å². The second kappa shape index (κ2) is 6.12. The molecule has 0 aliphatic heterocycles. The maximum absolute atomic E-state index is 11.5. The van der Waals surface area contributed by atoms with E-state index in [2.05, 4.69) is 5.32 Å². The molecule has 88 valence electrons. The lowest BCUT2D eigenvalue weighted by atomic mass is 10.1. The summed E-state index contributed by atoms with van der Waals surface area (Å²) in [7, 11) is 1.56. The van der Waals surface area contributed by atoms with Crippen LogP contribution in [0.3, 0.4) is 0 Å². The van der Waals surface area contributed by atoms with Crippen LogP contribution in [0.1, 0.15) is 18.9 Å². The predicted molar refractivity (Wildman–Crippen MR) is 62.6 cm³/mol. The molecule has 0 aliphatic carbocycles. The fourth-order valence-electron chi connectivity index (χ4n) is 1.40. The maximum atomic E-state index is 11.5. The lowest BCUT2D eigenvalue weighted by Crippen LogP contribution is -2.14. The maximum Gasteiger partial charge on any atom is 0.226 e. The number of hydrogen-bond acceptors (Lipinski definition) is 3. The molecular weight excluding hydrogens is 206 g/mol. The number of carbonyl (C=O) groups is 1. The lowest BCUT2D eigenvalue weighted by Gasteiger charge is -2.10. The first kappa shape index (κ1) is 12.5. The number of ether oxygens (including phenoxy) is 1. The Bertz CT molecular complexity index is 363. The molecule has 16 heavy (non-hydrogen) atoms. The van der Waals surface area contributed by atoms with Gasteiger partial charge in [0.15, 0.2) is 0 Å². The van der Waals surface area contributed by atoms with Crippen molar-refractivity contribution >= 4 is 11.6 Å². The minimum Gasteiger partial charge on any atom is -0.508 e. The van der Waals surface area contributed by atoms with Gasteiger partial charge in [-0.1, -0.05) is 6.92 Å². The molecule has 0 atom stereocenters. The van der Waals surface area contributed by atoms with Gasteiger partial charge in [0.25, 0.3) is 0 Å². The van der Waals surface area contributed by atoms with E-state index in [-0.39, 0.29) is 11.7 Å². The molecule has 0 fully saturated rings. The van der Waals surface area contributed by atoms with E-state index in [0.29, 0.717) is 13.0 Å². The summed E-state index contributed by atoms with van der Waals surface area (Å²) in [5.74, 6) is 0.133. The normalized spacial score (nSPS) is 10.1. The van der Waals surface area contributed by atoms with Gasteiger partial charge in [0.05, 0.1) is 13.0 Å². The highest BCUT2D eigenvalue weighted by atomic mass is 16.5. The fraction of sp³-hybridized carbons (Fsp3) is 0.417. The summed E-state index contributed by atoms with van der Waals surface area (Å²) in [5, 5.41) is 12.1. The van der Waals surface area contributed by atoms with Crippen LogP contribution in [0.15, 0.2) is 18.2 Å². The zero-order valence-corrected chi connectivity index (χ0v) is 9.62. The number of phenols is 1. The second-order valence-electron chi connectivity index (χ2n) is 3.49. The molecule has 0 aromatic heterocycles. The summed E-state index contributed by atoms with van der Waals surface area (Å²) in [6.07, 6.45) is 1.09. The molecule has 1 amide bonds. The van der Waals surface area contributed by atoms with Crippen molar-refractivity contribution in [3.05, 3.63) is 23.8 Å². The van der Waals surface area contributed by atoms with Gasteiger partial charge in [-0.25, -0.2) is 0 Å². The Morgan fingerprint density at radius 3 is 2.88 bits per heavy atom. The van der Waals surface area contributed by atoms with E-state index in [1.54, 1.807) is 25.3 Å². The average molecular weight is 223 g/mol. The molecule has 0 saturated heterocycles. The van der Waals surface area contributed by atoms with Crippen molar-refractivity contribution < 1.29 is 14.6 Å². The summed E-state index contributed by atoms with van der Waals surface area (Å²) in [6, 6.07) is 4.93. The molecule has 1 aromatic rings. The predicted octanol–water partition coefficient (Wildman–Crippen LogP) is 1.93.